The van der Waals surface area contributed by atoms with Gasteiger partial charge in [-0.25, -0.2) is 14.6 Å². The number of anilines is 1. The van der Waals surface area contributed by atoms with Crippen molar-refractivity contribution in [2.24, 2.45) is 11.3 Å². The van der Waals surface area contributed by atoms with Crippen molar-refractivity contribution in [1.29, 1.82) is 0 Å². The zero-order chi connectivity index (χ0) is 30.9. The molecule has 0 radical (unpaired) electrons. The number of nitrogens with zero attached hydrogens (tertiary/aromatic N) is 1. The second-order valence-corrected chi connectivity index (χ2v) is 12.9. The molecular formula is C33H37N3O6S. The molecule has 226 valence electrons. The number of methoxy groups -OCH3 is 2. The lowest BCUT2D eigenvalue weighted by molar-refractivity contribution is -0.124. The van der Waals surface area contributed by atoms with Crippen LogP contribution in [0.15, 0.2) is 42.5 Å². The fraction of sp³-hybridized carbons (Fsp3) is 0.394. The van der Waals surface area contributed by atoms with E-state index in [0.29, 0.717) is 38.9 Å². The standard InChI is InChI=1S/C33H37N3O6S/c1-7-25(29(37)36-30-27(32(39)41-6)22-14-11-20(33(2,3)4)17-26(22)43-30)42-31(38)19-10-15-23-24(16-19)35-28(34-23)18-8-12-21(40-5)13-9-18/h8-10,12-13,15-16,20,25H,7,11,14,17H2,1-6H3,(H,34,35)(H,36,37). The van der Waals surface area contributed by atoms with E-state index in [4.69, 9.17) is 14.2 Å². The summed E-state index contributed by atoms with van der Waals surface area (Å²) >= 11 is 1.41. The first-order valence-electron chi connectivity index (χ1n) is 14.4. The summed E-state index contributed by atoms with van der Waals surface area (Å²) in [6.07, 6.45) is 1.76. The smallest absolute Gasteiger partial charge is 0.341 e. The average molecular weight is 604 g/mol. The van der Waals surface area contributed by atoms with Gasteiger partial charge in [-0.15, -0.1) is 11.3 Å². The number of fused-ring (bicyclic) bond motifs is 2. The maximum absolute atomic E-state index is 13.4. The summed E-state index contributed by atoms with van der Waals surface area (Å²) in [4.78, 5) is 48.3. The number of hydrogen-bond acceptors (Lipinski definition) is 8. The SMILES string of the molecule is CCC(OC(=O)c1ccc2nc(-c3ccc(OC)cc3)[nH]c2c1)C(=O)Nc1sc2c(c1C(=O)OC)CCC(C(C)(C)C)C2. The molecule has 2 atom stereocenters. The van der Waals surface area contributed by atoms with Gasteiger partial charge < -0.3 is 24.5 Å². The normalized spacial score (nSPS) is 15.4. The highest BCUT2D eigenvalue weighted by Gasteiger charge is 2.35. The van der Waals surface area contributed by atoms with Gasteiger partial charge in [-0.3, -0.25) is 4.79 Å². The van der Waals surface area contributed by atoms with Crippen molar-refractivity contribution >= 4 is 45.2 Å². The van der Waals surface area contributed by atoms with E-state index in [-0.39, 0.29) is 11.8 Å². The molecule has 2 heterocycles. The van der Waals surface area contributed by atoms with Gasteiger partial charge in [-0.2, -0.15) is 0 Å². The Morgan fingerprint density at radius 2 is 1.84 bits per heavy atom. The molecule has 1 aliphatic carbocycles. The molecule has 2 aromatic heterocycles. The Balaban J connectivity index is 1.32. The van der Waals surface area contributed by atoms with Gasteiger partial charge in [-0.05, 0) is 85.0 Å². The van der Waals surface area contributed by atoms with Crippen molar-refractivity contribution in [2.45, 2.75) is 59.5 Å². The van der Waals surface area contributed by atoms with Gasteiger partial charge in [0, 0.05) is 10.4 Å². The molecule has 0 aliphatic heterocycles. The molecule has 2 aromatic carbocycles. The van der Waals surface area contributed by atoms with Gasteiger partial charge in [-0.1, -0.05) is 27.7 Å². The van der Waals surface area contributed by atoms with Crippen LogP contribution in [0.25, 0.3) is 22.4 Å². The van der Waals surface area contributed by atoms with E-state index >= 15 is 0 Å². The first kappa shape index (κ1) is 30.3. The molecule has 0 fully saturated rings. The summed E-state index contributed by atoms with van der Waals surface area (Å²) in [5.74, 6) is 0.273. The Kier molecular flexibility index (Phi) is 8.59. The zero-order valence-electron chi connectivity index (χ0n) is 25.3. The molecule has 1 aliphatic rings. The predicted molar refractivity (Wildman–Crippen MR) is 167 cm³/mol. The van der Waals surface area contributed by atoms with Crippen LogP contribution in [-0.4, -0.2) is 48.1 Å². The quantitative estimate of drug-likeness (QED) is 0.212. The Hall–Kier alpha value is -4.18. The first-order valence-corrected chi connectivity index (χ1v) is 15.2. The van der Waals surface area contributed by atoms with Crippen LogP contribution in [0.5, 0.6) is 5.75 Å². The van der Waals surface area contributed by atoms with E-state index in [1.54, 1.807) is 32.2 Å². The number of carbonyl (C=O) groups is 3. The number of imidazole rings is 1. The number of thiophene rings is 1. The Labute approximate surface area is 255 Å². The molecule has 9 nitrogen and oxygen atoms in total. The van der Waals surface area contributed by atoms with Crippen LogP contribution >= 0.6 is 11.3 Å². The van der Waals surface area contributed by atoms with Crippen LogP contribution in [-0.2, 0) is 27.1 Å². The minimum absolute atomic E-state index is 0.133. The van der Waals surface area contributed by atoms with Crippen LogP contribution < -0.4 is 10.1 Å². The largest absolute Gasteiger partial charge is 0.497 e. The van der Waals surface area contributed by atoms with Crippen LogP contribution in [0.4, 0.5) is 5.00 Å². The summed E-state index contributed by atoms with van der Waals surface area (Å²) < 4.78 is 16.0. The molecule has 10 heteroatoms. The highest BCUT2D eigenvalue weighted by molar-refractivity contribution is 7.17. The Morgan fingerprint density at radius 3 is 2.49 bits per heavy atom. The number of ether oxygens (including phenoxy) is 3. The first-order chi connectivity index (χ1) is 20.5. The minimum atomic E-state index is -1.05. The van der Waals surface area contributed by atoms with Crippen LogP contribution in [0.2, 0.25) is 0 Å². The topological polar surface area (TPSA) is 120 Å². The van der Waals surface area contributed by atoms with Crippen molar-refractivity contribution in [3.05, 3.63) is 64.0 Å². The van der Waals surface area contributed by atoms with Gasteiger partial charge in [0.05, 0.1) is 36.4 Å². The zero-order valence-corrected chi connectivity index (χ0v) is 26.1. The third-order valence-corrected chi connectivity index (χ3v) is 9.28. The third kappa shape index (κ3) is 6.29. The van der Waals surface area contributed by atoms with Crippen molar-refractivity contribution in [2.75, 3.05) is 19.5 Å². The molecule has 2 unspecified atom stereocenters. The Bertz CT molecular complexity index is 1660. The fourth-order valence-electron chi connectivity index (χ4n) is 5.47. The second-order valence-electron chi connectivity index (χ2n) is 11.8. The molecule has 1 amide bonds. The number of H-pyrrole nitrogens is 1. The van der Waals surface area contributed by atoms with Gasteiger partial charge in [0.1, 0.15) is 16.6 Å². The lowest BCUT2D eigenvalue weighted by Gasteiger charge is -2.33. The van der Waals surface area contributed by atoms with Crippen molar-refractivity contribution in [1.82, 2.24) is 9.97 Å². The summed E-state index contributed by atoms with van der Waals surface area (Å²) in [7, 11) is 2.95. The monoisotopic (exact) mass is 603 g/mol. The number of nitrogens with one attached hydrogen (secondary N) is 2. The van der Waals surface area contributed by atoms with E-state index in [2.05, 4.69) is 36.1 Å². The number of esters is 2. The van der Waals surface area contributed by atoms with Crippen LogP contribution in [0, 0.1) is 11.3 Å². The number of carbonyl (C=O) groups excluding carboxylic acids is 3. The predicted octanol–water partition coefficient (Wildman–Crippen LogP) is 6.81. The van der Waals surface area contributed by atoms with Gasteiger partial charge in [0.25, 0.3) is 5.91 Å². The molecule has 0 spiro atoms. The van der Waals surface area contributed by atoms with Crippen molar-refractivity contribution in [3.63, 3.8) is 0 Å². The number of rotatable bonds is 8. The molecule has 0 bridgehead atoms. The van der Waals surface area contributed by atoms with E-state index < -0.39 is 23.9 Å². The number of benzene rings is 2. The average Bonchev–Trinajstić information content (AvgIpc) is 3.59. The molecule has 2 N–H and O–H groups in total. The maximum Gasteiger partial charge on any atom is 0.341 e. The number of amides is 1. The van der Waals surface area contributed by atoms with Gasteiger partial charge in [0.15, 0.2) is 6.10 Å². The van der Waals surface area contributed by atoms with Crippen molar-refractivity contribution < 1.29 is 28.6 Å². The molecule has 43 heavy (non-hydrogen) atoms. The van der Waals surface area contributed by atoms with Crippen LogP contribution in [0.1, 0.15) is 71.7 Å². The highest BCUT2D eigenvalue weighted by Crippen LogP contribution is 2.44. The molecule has 0 saturated carbocycles. The van der Waals surface area contributed by atoms with Crippen molar-refractivity contribution in [3.8, 4) is 17.1 Å². The van der Waals surface area contributed by atoms with Gasteiger partial charge in [0.2, 0.25) is 0 Å². The maximum atomic E-state index is 13.4. The number of aromatic amines is 1. The van der Waals surface area contributed by atoms with E-state index in [9.17, 15) is 14.4 Å². The molecule has 4 aromatic rings. The molecule has 5 rings (SSSR count). The summed E-state index contributed by atoms with van der Waals surface area (Å²) in [5.41, 5.74) is 4.00. The van der Waals surface area contributed by atoms with E-state index in [1.165, 1.54) is 18.4 Å². The molecule has 0 saturated heterocycles. The number of aromatic nitrogens is 2. The summed E-state index contributed by atoms with van der Waals surface area (Å²) in [6, 6.07) is 12.5. The minimum Gasteiger partial charge on any atom is -0.497 e. The lowest BCUT2D eigenvalue weighted by Crippen LogP contribution is -2.32. The second kappa shape index (κ2) is 12.2. The van der Waals surface area contributed by atoms with E-state index in [1.807, 2.05) is 24.3 Å². The Morgan fingerprint density at radius 1 is 1.09 bits per heavy atom. The third-order valence-electron chi connectivity index (χ3n) is 8.11. The van der Waals surface area contributed by atoms with E-state index in [0.717, 1.165) is 41.0 Å². The number of hydrogen-bond donors (Lipinski definition) is 2. The lowest BCUT2D eigenvalue weighted by atomic mass is 9.72. The van der Waals surface area contributed by atoms with Gasteiger partial charge >= 0.3 is 11.9 Å². The summed E-state index contributed by atoms with van der Waals surface area (Å²) in [6.45, 7) is 8.45. The summed E-state index contributed by atoms with van der Waals surface area (Å²) in [5, 5.41) is 3.32. The highest BCUT2D eigenvalue weighted by atomic mass is 32.1. The van der Waals surface area contributed by atoms with Crippen LogP contribution in [0.3, 0.4) is 0 Å². The molecular weight excluding hydrogens is 566 g/mol. The fourth-order valence-corrected chi connectivity index (χ4v) is 6.78.